The fourth-order valence-electron chi connectivity index (χ4n) is 3.95. The number of ketones is 1. The van der Waals surface area contributed by atoms with Crippen LogP contribution < -0.4 is 14.4 Å². The highest BCUT2D eigenvalue weighted by Crippen LogP contribution is 2.45. The number of nitrogens with zero attached hydrogens (tertiary/aromatic N) is 1. The molecule has 0 spiro atoms. The standard InChI is InChI=1S/C25H18ClF2NO6/c1-34-19-11-16(26)20(35-2)10-15(19)23(31)21-22(12-4-3-5-14(30)8-12)29(25(33)24(21)32)18-9-13(27)6-7-17(18)28/h3-11,22,30-31H,1-2H3/b23-21+. The Bertz CT molecular complexity index is 1390. The van der Waals surface area contributed by atoms with Crippen molar-refractivity contribution < 1.29 is 38.1 Å². The van der Waals surface area contributed by atoms with E-state index in [9.17, 15) is 28.6 Å². The lowest BCUT2D eigenvalue weighted by Crippen LogP contribution is -2.30. The van der Waals surface area contributed by atoms with Gasteiger partial charge in [-0.1, -0.05) is 23.7 Å². The lowest BCUT2D eigenvalue weighted by molar-refractivity contribution is -0.132. The molecule has 3 aromatic carbocycles. The topological polar surface area (TPSA) is 96.3 Å². The van der Waals surface area contributed by atoms with E-state index >= 15 is 0 Å². The van der Waals surface area contributed by atoms with E-state index in [1.54, 1.807) is 0 Å². The number of carbonyl (C=O) groups excluding carboxylic acids is 2. The molecule has 0 aromatic heterocycles. The molecule has 180 valence electrons. The summed E-state index contributed by atoms with van der Waals surface area (Å²) in [6.45, 7) is 0. The number of rotatable bonds is 5. The SMILES string of the molecule is COc1cc(/C(O)=C2\C(=O)C(=O)N(c3cc(F)ccc3F)C2c2cccc(O)c2)c(OC)cc1Cl. The highest BCUT2D eigenvalue weighted by Gasteiger charge is 2.48. The minimum absolute atomic E-state index is 0.0309. The van der Waals surface area contributed by atoms with Crippen LogP contribution in [0.5, 0.6) is 17.2 Å². The summed E-state index contributed by atoms with van der Waals surface area (Å²) >= 11 is 6.14. The second-order valence-corrected chi connectivity index (χ2v) is 7.95. The molecule has 7 nitrogen and oxygen atoms in total. The molecule has 0 aliphatic carbocycles. The molecular formula is C25H18ClF2NO6. The van der Waals surface area contributed by atoms with Gasteiger partial charge in [-0.3, -0.25) is 14.5 Å². The molecule has 1 atom stereocenters. The monoisotopic (exact) mass is 501 g/mol. The Kier molecular flexibility index (Phi) is 6.36. The number of aromatic hydroxyl groups is 1. The number of methoxy groups -OCH3 is 2. The number of aliphatic hydroxyl groups excluding tert-OH is 1. The molecule has 1 aliphatic rings. The molecule has 0 saturated carbocycles. The predicted molar refractivity (Wildman–Crippen MR) is 124 cm³/mol. The van der Waals surface area contributed by atoms with Gasteiger partial charge in [-0.05, 0) is 35.9 Å². The van der Waals surface area contributed by atoms with Gasteiger partial charge in [0.2, 0.25) is 0 Å². The van der Waals surface area contributed by atoms with E-state index in [-0.39, 0.29) is 33.4 Å². The summed E-state index contributed by atoms with van der Waals surface area (Å²) in [6.07, 6.45) is 0. The van der Waals surface area contributed by atoms with Crippen LogP contribution in [-0.4, -0.2) is 36.1 Å². The Labute approximate surface area is 203 Å². The molecule has 4 rings (SSSR count). The third kappa shape index (κ3) is 4.15. The number of Topliss-reactive ketones (excluding diaryl/α,β-unsaturated/α-hetero) is 1. The number of carbonyl (C=O) groups is 2. The first-order valence-electron chi connectivity index (χ1n) is 10.1. The molecule has 1 heterocycles. The average molecular weight is 502 g/mol. The van der Waals surface area contributed by atoms with Gasteiger partial charge in [0.1, 0.15) is 34.6 Å². The molecule has 1 amide bonds. The molecule has 1 saturated heterocycles. The van der Waals surface area contributed by atoms with Gasteiger partial charge in [0, 0.05) is 12.1 Å². The van der Waals surface area contributed by atoms with Crippen LogP contribution in [0.4, 0.5) is 14.5 Å². The fourth-order valence-corrected chi connectivity index (χ4v) is 4.18. The molecule has 0 bridgehead atoms. The van der Waals surface area contributed by atoms with E-state index in [0.717, 1.165) is 23.1 Å². The van der Waals surface area contributed by atoms with Gasteiger partial charge in [0.05, 0.1) is 42.1 Å². The molecule has 2 N–H and O–H groups in total. The number of benzene rings is 3. The number of ether oxygens (including phenoxy) is 2. The van der Waals surface area contributed by atoms with Crippen molar-refractivity contribution in [1.82, 2.24) is 0 Å². The summed E-state index contributed by atoms with van der Waals surface area (Å²) in [5, 5.41) is 21.5. The second-order valence-electron chi connectivity index (χ2n) is 7.55. The van der Waals surface area contributed by atoms with Crippen molar-refractivity contribution in [3.05, 3.63) is 88.0 Å². The maximum atomic E-state index is 14.8. The van der Waals surface area contributed by atoms with Crippen molar-refractivity contribution in [3.63, 3.8) is 0 Å². The molecule has 35 heavy (non-hydrogen) atoms. The number of halogens is 3. The minimum Gasteiger partial charge on any atom is -0.508 e. The van der Waals surface area contributed by atoms with E-state index in [1.165, 1.54) is 50.6 Å². The van der Waals surface area contributed by atoms with Gasteiger partial charge in [0.25, 0.3) is 11.7 Å². The van der Waals surface area contributed by atoms with Gasteiger partial charge in [0.15, 0.2) is 0 Å². The molecule has 10 heteroatoms. The number of amides is 1. The van der Waals surface area contributed by atoms with Crippen LogP contribution in [0.1, 0.15) is 17.2 Å². The summed E-state index contributed by atoms with van der Waals surface area (Å²) in [5.41, 5.74) is -0.821. The number of aliphatic hydroxyl groups is 1. The zero-order valence-corrected chi connectivity index (χ0v) is 19.1. The lowest BCUT2D eigenvalue weighted by atomic mass is 9.94. The predicted octanol–water partition coefficient (Wildman–Crippen LogP) is 4.97. The number of phenolic OH excluding ortho intramolecular Hbond substituents is 1. The first-order valence-corrected chi connectivity index (χ1v) is 10.5. The number of hydrogen-bond acceptors (Lipinski definition) is 6. The van der Waals surface area contributed by atoms with E-state index < -0.39 is 46.4 Å². The maximum Gasteiger partial charge on any atom is 0.300 e. The van der Waals surface area contributed by atoms with Gasteiger partial charge in [-0.15, -0.1) is 0 Å². The third-order valence-corrected chi connectivity index (χ3v) is 5.82. The van der Waals surface area contributed by atoms with Crippen LogP contribution in [0, 0.1) is 11.6 Å². The molecule has 1 unspecified atom stereocenters. The summed E-state index contributed by atoms with van der Waals surface area (Å²) in [4.78, 5) is 27.1. The van der Waals surface area contributed by atoms with Gasteiger partial charge in [-0.25, -0.2) is 8.78 Å². The lowest BCUT2D eigenvalue weighted by Gasteiger charge is -2.26. The summed E-state index contributed by atoms with van der Waals surface area (Å²) in [5.74, 6) is -4.84. The van der Waals surface area contributed by atoms with Gasteiger partial charge >= 0.3 is 0 Å². The van der Waals surface area contributed by atoms with Crippen molar-refractivity contribution in [1.29, 1.82) is 0 Å². The minimum atomic E-state index is -1.41. The van der Waals surface area contributed by atoms with Crippen LogP contribution in [0.3, 0.4) is 0 Å². The Hall–Kier alpha value is -4.11. The number of phenols is 1. The fraction of sp³-hybridized carbons (Fsp3) is 0.120. The summed E-state index contributed by atoms with van der Waals surface area (Å²) in [7, 11) is 2.65. The van der Waals surface area contributed by atoms with Crippen LogP contribution >= 0.6 is 11.6 Å². The van der Waals surface area contributed by atoms with Crippen LogP contribution in [-0.2, 0) is 9.59 Å². The first kappa shape index (κ1) is 24.0. The average Bonchev–Trinajstić information content (AvgIpc) is 3.10. The van der Waals surface area contributed by atoms with Crippen molar-refractivity contribution >= 4 is 34.7 Å². The van der Waals surface area contributed by atoms with E-state index in [2.05, 4.69) is 0 Å². The largest absolute Gasteiger partial charge is 0.508 e. The summed E-state index contributed by atoms with van der Waals surface area (Å²) < 4.78 is 39.2. The van der Waals surface area contributed by atoms with Gasteiger partial charge in [-0.2, -0.15) is 0 Å². The molecular weight excluding hydrogens is 484 g/mol. The Balaban J connectivity index is 2.04. The molecule has 0 radical (unpaired) electrons. The second kappa shape index (κ2) is 9.27. The highest BCUT2D eigenvalue weighted by molar-refractivity contribution is 6.51. The Morgan fingerprint density at radius 3 is 2.37 bits per heavy atom. The quantitative estimate of drug-likeness (QED) is 0.291. The van der Waals surface area contributed by atoms with Crippen LogP contribution in [0.15, 0.2) is 60.2 Å². The van der Waals surface area contributed by atoms with E-state index in [4.69, 9.17) is 21.1 Å². The number of hydrogen-bond donors (Lipinski definition) is 2. The first-order chi connectivity index (χ1) is 16.7. The third-order valence-electron chi connectivity index (χ3n) is 5.53. The van der Waals surface area contributed by atoms with E-state index in [0.29, 0.717) is 0 Å². The normalized spacial score (nSPS) is 17.1. The van der Waals surface area contributed by atoms with Crippen molar-refractivity contribution in [3.8, 4) is 17.2 Å². The summed E-state index contributed by atoms with van der Waals surface area (Å²) in [6, 6.07) is 9.20. The van der Waals surface area contributed by atoms with Gasteiger partial charge < -0.3 is 19.7 Å². The molecule has 3 aromatic rings. The maximum absolute atomic E-state index is 14.8. The Morgan fingerprint density at radius 2 is 1.71 bits per heavy atom. The van der Waals surface area contributed by atoms with Crippen molar-refractivity contribution in [2.45, 2.75) is 6.04 Å². The number of anilines is 1. The van der Waals surface area contributed by atoms with Crippen molar-refractivity contribution in [2.24, 2.45) is 0 Å². The Morgan fingerprint density at radius 1 is 1.00 bits per heavy atom. The zero-order valence-electron chi connectivity index (χ0n) is 18.4. The zero-order chi connectivity index (χ0) is 25.4. The van der Waals surface area contributed by atoms with Crippen molar-refractivity contribution in [2.75, 3.05) is 19.1 Å². The van der Waals surface area contributed by atoms with Crippen LogP contribution in [0.25, 0.3) is 5.76 Å². The van der Waals surface area contributed by atoms with Crippen LogP contribution in [0.2, 0.25) is 5.02 Å². The van der Waals surface area contributed by atoms with E-state index in [1.807, 2.05) is 0 Å². The smallest absolute Gasteiger partial charge is 0.300 e. The molecule has 1 fully saturated rings. The molecule has 1 aliphatic heterocycles. The highest BCUT2D eigenvalue weighted by atomic mass is 35.5.